The van der Waals surface area contributed by atoms with Crippen LogP contribution in [-0.2, 0) is 0 Å². The van der Waals surface area contributed by atoms with Crippen molar-refractivity contribution in [3.05, 3.63) is 69.7 Å². The van der Waals surface area contributed by atoms with Crippen LogP contribution in [0.15, 0.2) is 36.4 Å². The average Bonchev–Trinajstić information content (AvgIpc) is 2.38. The van der Waals surface area contributed by atoms with E-state index < -0.39 is 17.7 Å². The standard InChI is InChI=1S/C14H13ClF2N2/c1-8-2-4-10(16)7-11(8)14(19-18)12-6-9(15)3-5-13(12)17/h2-7,14,19H,18H2,1H3. The Bertz CT molecular complexity index is 550. The lowest BCUT2D eigenvalue weighted by molar-refractivity contribution is 0.554. The van der Waals surface area contributed by atoms with Crippen LogP contribution in [0.25, 0.3) is 0 Å². The van der Waals surface area contributed by atoms with Crippen LogP contribution in [0.5, 0.6) is 0 Å². The molecule has 0 radical (unpaired) electrons. The lowest BCUT2D eigenvalue weighted by atomic mass is 9.95. The maximum absolute atomic E-state index is 13.9. The van der Waals surface area contributed by atoms with Gasteiger partial charge in [0, 0.05) is 10.6 Å². The van der Waals surface area contributed by atoms with Gasteiger partial charge in [0.05, 0.1) is 6.04 Å². The molecule has 2 rings (SSSR count). The molecule has 0 aliphatic heterocycles. The monoisotopic (exact) mass is 282 g/mol. The van der Waals surface area contributed by atoms with E-state index in [0.29, 0.717) is 10.6 Å². The van der Waals surface area contributed by atoms with Crippen molar-refractivity contribution in [2.24, 2.45) is 5.84 Å². The van der Waals surface area contributed by atoms with E-state index in [1.165, 1.54) is 30.3 Å². The molecule has 0 aromatic heterocycles. The number of hydrazine groups is 1. The summed E-state index contributed by atoms with van der Waals surface area (Å²) in [5.74, 6) is 4.64. The van der Waals surface area contributed by atoms with Crippen molar-refractivity contribution in [1.82, 2.24) is 5.43 Å². The summed E-state index contributed by atoms with van der Waals surface area (Å²) in [5.41, 5.74) is 4.17. The molecule has 2 aromatic rings. The van der Waals surface area contributed by atoms with Crippen LogP contribution in [0.4, 0.5) is 8.78 Å². The summed E-state index contributed by atoms with van der Waals surface area (Å²) in [7, 11) is 0. The largest absolute Gasteiger partial charge is 0.271 e. The quantitative estimate of drug-likeness (QED) is 0.668. The fourth-order valence-electron chi connectivity index (χ4n) is 2.01. The van der Waals surface area contributed by atoms with Crippen molar-refractivity contribution in [1.29, 1.82) is 0 Å². The van der Waals surface area contributed by atoms with E-state index in [-0.39, 0.29) is 5.56 Å². The minimum Gasteiger partial charge on any atom is -0.271 e. The molecule has 2 nitrogen and oxygen atoms in total. The topological polar surface area (TPSA) is 38.0 Å². The van der Waals surface area contributed by atoms with Crippen LogP contribution >= 0.6 is 11.6 Å². The second-order valence-corrected chi connectivity index (χ2v) is 4.70. The minimum absolute atomic E-state index is 0.281. The van der Waals surface area contributed by atoms with Crippen LogP contribution in [0.1, 0.15) is 22.7 Å². The first-order chi connectivity index (χ1) is 9.02. The molecule has 0 spiro atoms. The van der Waals surface area contributed by atoms with E-state index >= 15 is 0 Å². The summed E-state index contributed by atoms with van der Waals surface area (Å²) in [6.45, 7) is 1.81. The second-order valence-electron chi connectivity index (χ2n) is 4.27. The van der Waals surface area contributed by atoms with Crippen molar-refractivity contribution in [2.75, 3.05) is 0 Å². The molecule has 3 N–H and O–H groups in total. The van der Waals surface area contributed by atoms with E-state index in [4.69, 9.17) is 17.4 Å². The normalized spacial score (nSPS) is 12.5. The van der Waals surface area contributed by atoms with E-state index in [2.05, 4.69) is 5.43 Å². The summed E-state index contributed by atoms with van der Waals surface area (Å²) in [6, 6.07) is 7.84. The number of nitrogens with one attached hydrogen (secondary N) is 1. The molecule has 0 amide bonds. The van der Waals surface area contributed by atoms with Crippen LogP contribution in [-0.4, -0.2) is 0 Å². The van der Waals surface area contributed by atoms with E-state index in [0.717, 1.165) is 5.56 Å². The van der Waals surface area contributed by atoms with Gasteiger partial charge in [0.1, 0.15) is 11.6 Å². The van der Waals surface area contributed by atoms with Crippen molar-refractivity contribution in [2.45, 2.75) is 13.0 Å². The molecule has 0 saturated heterocycles. The Labute approximate surface area is 115 Å². The molecular weight excluding hydrogens is 270 g/mol. The van der Waals surface area contributed by atoms with Gasteiger partial charge >= 0.3 is 0 Å². The molecule has 1 unspecified atom stereocenters. The van der Waals surface area contributed by atoms with Gasteiger partial charge in [-0.1, -0.05) is 17.7 Å². The summed E-state index contributed by atoms with van der Waals surface area (Å²) in [5, 5.41) is 0.394. The van der Waals surface area contributed by atoms with Gasteiger partial charge in [-0.15, -0.1) is 0 Å². The van der Waals surface area contributed by atoms with Gasteiger partial charge in [0.25, 0.3) is 0 Å². The maximum atomic E-state index is 13.9. The predicted octanol–water partition coefficient (Wildman–Crippen LogP) is 3.48. The highest BCUT2D eigenvalue weighted by atomic mass is 35.5. The fourth-order valence-corrected chi connectivity index (χ4v) is 2.19. The second kappa shape index (κ2) is 5.65. The Kier molecular flexibility index (Phi) is 4.14. The number of hydrogen-bond acceptors (Lipinski definition) is 2. The Morgan fingerprint density at radius 3 is 2.53 bits per heavy atom. The number of halogens is 3. The number of hydrogen-bond donors (Lipinski definition) is 2. The summed E-state index contributed by atoms with van der Waals surface area (Å²) >= 11 is 5.87. The first-order valence-corrected chi connectivity index (χ1v) is 6.08. The summed E-state index contributed by atoms with van der Waals surface area (Å²) in [6.07, 6.45) is 0. The third-order valence-electron chi connectivity index (χ3n) is 2.99. The summed E-state index contributed by atoms with van der Waals surface area (Å²) in [4.78, 5) is 0. The fraction of sp³-hybridized carbons (Fsp3) is 0.143. The zero-order chi connectivity index (χ0) is 14.0. The molecule has 1 atom stereocenters. The lowest BCUT2D eigenvalue weighted by Crippen LogP contribution is -2.30. The van der Waals surface area contributed by atoms with Gasteiger partial charge in [-0.05, 0) is 48.4 Å². The smallest absolute Gasteiger partial charge is 0.128 e. The van der Waals surface area contributed by atoms with Gasteiger partial charge in [0.2, 0.25) is 0 Å². The Morgan fingerprint density at radius 2 is 1.84 bits per heavy atom. The predicted molar refractivity (Wildman–Crippen MR) is 71.7 cm³/mol. The first kappa shape index (κ1) is 13.9. The molecule has 0 aliphatic carbocycles. The number of nitrogens with two attached hydrogens (primary N) is 1. The molecule has 0 fully saturated rings. The molecule has 0 saturated carbocycles. The molecule has 5 heteroatoms. The molecule has 100 valence electrons. The maximum Gasteiger partial charge on any atom is 0.128 e. The van der Waals surface area contributed by atoms with Crippen LogP contribution < -0.4 is 11.3 Å². The molecular formula is C14H13ClF2N2. The highest BCUT2D eigenvalue weighted by molar-refractivity contribution is 6.30. The Hall–Kier alpha value is -1.49. The first-order valence-electron chi connectivity index (χ1n) is 5.70. The highest BCUT2D eigenvalue weighted by Gasteiger charge is 2.19. The van der Waals surface area contributed by atoms with E-state index in [1.807, 2.05) is 6.92 Å². The minimum atomic E-state index is -0.658. The highest BCUT2D eigenvalue weighted by Crippen LogP contribution is 2.28. The van der Waals surface area contributed by atoms with Gasteiger partial charge in [0.15, 0.2) is 0 Å². The van der Waals surface area contributed by atoms with Gasteiger partial charge < -0.3 is 0 Å². The van der Waals surface area contributed by atoms with Crippen molar-refractivity contribution >= 4 is 11.6 Å². The van der Waals surface area contributed by atoms with Crippen LogP contribution in [0, 0.1) is 18.6 Å². The average molecular weight is 283 g/mol. The number of rotatable bonds is 3. The van der Waals surface area contributed by atoms with Crippen molar-refractivity contribution in [3.63, 3.8) is 0 Å². The van der Waals surface area contributed by atoms with Gasteiger partial charge in [-0.25, -0.2) is 14.2 Å². The molecule has 2 aromatic carbocycles. The van der Waals surface area contributed by atoms with Gasteiger partial charge in [-0.3, -0.25) is 5.84 Å². The van der Waals surface area contributed by atoms with Crippen molar-refractivity contribution < 1.29 is 8.78 Å². The molecule has 19 heavy (non-hydrogen) atoms. The molecule has 0 aliphatic rings. The van der Waals surface area contributed by atoms with Crippen LogP contribution in [0.3, 0.4) is 0 Å². The zero-order valence-corrected chi connectivity index (χ0v) is 11.0. The molecule has 0 heterocycles. The van der Waals surface area contributed by atoms with Crippen molar-refractivity contribution in [3.8, 4) is 0 Å². The SMILES string of the molecule is Cc1ccc(F)cc1C(NN)c1cc(Cl)ccc1F. The summed E-state index contributed by atoms with van der Waals surface area (Å²) < 4.78 is 27.2. The number of benzene rings is 2. The van der Waals surface area contributed by atoms with Gasteiger partial charge in [-0.2, -0.15) is 0 Å². The van der Waals surface area contributed by atoms with E-state index in [9.17, 15) is 8.78 Å². The van der Waals surface area contributed by atoms with Crippen LogP contribution in [0.2, 0.25) is 5.02 Å². The van der Waals surface area contributed by atoms with E-state index in [1.54, 1.807) is 6.07 Å². The molecule has 0 bridgehead atoms. The Balaban J connectivity index is 2.55. The third-order valence-corrected chi connectivity index (χ3v) is 3.22. The Morgan fingerprint density at radius 1 is 1.11 bits per heavy atom. The lowest BCUT2D eigenvalue weighted by Gasteiger charge is -2.20. The number of aryl methyl sites for hydroxylation is 1. The third kappa shape index (κ3) is 2.92. The zero-order valence-electron chi connectivity index (χ0n) is 10.3.